The molecule has 1 aliphatic carbocycles. The number of benzene rings is 1. The standard InChI is InChI=1S/C17H22N6O/c1-12-8-14(10-17(2,3)9-12)19-20-16(24)13-4-6-15(7-5-13)23-11-18-21-22-23/h4-7,11-12H,8-10H2,1-3H3,(H,20,24)/b19-14+. The van der Waals surface area contributed by atoms with Crippen LogP contribution in [0.4, 0.5) is 0 Å². The number of carbonyl (C=O) groups is 1. The summed E-state index contributed by atoms with van der Waals surface area (Å²) >= 11 is 0. The van der Waals surface area contributed by atoms with E-state index in [1.807, 2.05) is 0 Å². The van der Waals surface area contributed by atoms with Crippen molar-refractivity contribution in [1.82, 2.24) is 25.6 Å². The highest BCUT2D eigenvalue weighted by atomic mass is 16.2. The maximum atomic E-state index is 12.3. The summed E-state index contributed by atoms with van der Waals surface area (Å²) in [6, 6.07) is 7.06. The molecule has 0 bridgehead atoms. The second-order valence-electron chi connectivity index (χ2n) is 7.27. The Bertz CT molecular complexity index is 733. The summed E-state index contributed by atoms with van der Waals surface area (Å²) in [6.07, 6.45) is 4.57. The number of amides is 1. The Morgan fingerprint density at radius 2 is 2.08 bits per heavy atom. The van der Waals surface area contributed by atoms with Gasteiger partial charge in [0.15, 0.2) is 0 Å². The molecule has 1 aromatic heterocycles. The highest BCUT2D eigenvalue weighted by Gasteiger charge is 2.29. The van der Waals surface area contributed by atoms with Gasteiger partial charge in [-0.3, -0.25) is 4.79 Å². The van der Waals surface area contributed by atoms with Gasteiger partial charge in [-0.15, -0.1) is 5.10 Å². The molecular formula is C17H22N6O. The van der Waals surface area contributed by atoms with Crippen molar-refractivity contribution < 1.29 is 4.79 Å². The van der Waals surface area contributed by atoms with Crippen LogP contribution >= 0.6 is 0 Å². The van der Waals surface area contributed by atoms with Crippen LogP contribution in [0.5, 0.6) is 0 Å². The molecule has 0 radical (unpaired) electrons. The number of tetrazole rings is 1. The molecule has 1 N–H and O–H groups in total. The molecular weight excluding hydrogens is 304 g/mol. The lowest BCUT2D eigenvalue weighted by Crippen LogP contribution is -2.30. The van der Waals surface area contributed by atoms with Gasteiger partial charge in [-0.25, -0.2) is 10.1 Å². The van der Waals surface area contributed by atoms with Crippen molar-refractivity contribution in [1.29, 1.82) is 0 Å². The van der Waals surface area contributed by atoms with Crippen molar-refractivity contribution in [3.05, 3.63) is 36.2 Å². The molecule has 0 spiro atoms. The number of hydrogen-bond acceptors (Lipinski definition) is 5. The van der Waals surface area contributed by atoms with Crippen LogP contribution in [0.1, 0.15) is 50.4 Å². The van der Waals surface area contributed by atoms with E-state index in [0.29, 0.717) is 11.5 Å². The van der Waals surface area contributed by atoms with E-state index in [1.165, 1.54) is 17.4 Å². The van der Waals surface area contributed by atoms with Gasteiger partial charge in [-0.1, -0.05) is 20.8 Å². The summed E-state index contributed by atoms with van der Waals surface area (Å²) in [6.45, 7) is 6.73. The molecule has 24 heavy (non-hydrogen) atoms. The maximum absolute atomic E-state index is 12.3. The zero-order chi connectivity index (χ0) is 17.2. The number of carbonyl (C=O) groups excluding carboxylic acids is 1. The lowest BCUT2D eigenvalue weighted by atomic mass is 9.72. The van der Waals surface area contributed by atoms with Crippen molar-refractivity contribution in [3.8, 4) is 5.69 Å². The van der Waals surface area contributed by atoms with Gasteiger partial charge in [0.1, 0.15) is 6.33 Å². The fourth-order valence-electron chi connectivity index (χ4n) is 3.44. The Hall–Kier alpha value is -2.57. The molecule has 1 fully saturated rings. The van der Waals surface area contributed by atoms with E-state index in [4.69, 9.17) is 0 Å². The average molecular weight is 326 g/mol. The van der Waals surface area contributed by atoms with Crippen molar-refractivity contribution in [2.75, 3.05) is 0 Å². The van der Waals surface area contributed by atoms with Crippen molar-refractivity contribution in [3.63, 3.8) is 0 Å². The molecule has 126 valence electrons. The minimum absolute atomic E-state index is 0.207. The van der Waals surface area contributed by atoms with Crippen molar-refractivity contribution >= 4 is 11.6 Å². The first-order valence-electron chi connectivity index (χ1n) is 8.12. The zero-order valence-electron chi connectivity index (χ0n) is 14.2. The molecule has 7 heteroatoms. The van der Waals surface area contributed by atoms with Crippen LogP contribution in [-0.4, -0.2) is 31.8 Å². The van der Waals surface area contributed by atoms with E-state index in [9.17, 15) is 4.79 Å². The fraction of sp³-hybridized carbons (Fsp3) is 0.471. The molecule has 0 saturated heterocycles. The Balaban J connectivity index is 1.66. The summed E-state index contributed by atoms with van der Waals surface area (Å²) in [7, 11) is 0. The predicted molar refractivity (Wildman–Crippen MR) is 90.9 cm³/mol. The van der Waals surface area contributed by atoms with Gasteiger partial charge in [0.05, 0.1) is 5.69 Å². The molecule has 0 aliphatic heterocycles. The van der Waals surface area contributed by atoms with Gasteiger partial charge < -0.3 is 0 Å². The minimum atomic E-state index is -0.207. The third kappa shape index (κ3) is 3.84. The minimum Gasteiger partial charge on any atom is -0.267 e. The van der Waals surface area contributed by atoms with Crippen LogP contribution in [-0.2, 0) is 0 Å². The van der Waals surface area contributed by atoms with Gasteiger partial charge in [-0.2, -0.15) is 5.10 Å². The van der Waals surface area contributed by atoms with E-state index in [2.05, 4.69) is 46.8 Å². The topological polar surface area (TPSA) is 85.1 Å². The molecule has 7 nitrogen and oxygen atoms in total. The van der Waals surface area contributed by atoms with Crippen LogP contribution < -0.4 is 5.43 Å². The number of rotatable bonds is 3. The van der Waals surface area contributed by atoms with Crippen molar-refractivity contribution in [2.24, 2.45) is 16.4 Å². The summed E-state index contributed by atoms with van der Waals surface area (Å²) in [5, 5.41) is 15.4. The summed E-state index contributed by atoms with van der Waals surface area (Å²) in [4.78, 5) is 12.3. The molecule has 2 aromatic rings. The van der Waals surface area contributed by atoms with E-state index < -0.39 is 0 Å². The third-order valence-corrected chi connectivity index (χ3v) is 4.23. The Kier molecular flexibility index (Phi) is 4.42. The summed E-state index contributed by atoms with van der Waals surface area (Å²) in [5.41, 5.74) is 5.35. The number of hydrazone groups is 1. The first kappa shape index (κ1) is 16.3. The number of nitrogens with one attached hydrogen (secondary N) is 1. The molecule has 1 aliphatic rings. The highest BCUT2D eigenvalue weighted by molar-refractivity contribution is 5.95. The second-order valence-corrected chi connectivity index (χ2v) is 7.27. The second kappa shape index (κ2) is 6.51. The number of hydrogen-bond donors (Lipinski definition) is 1. The van der Waals surface area contributed by atoms with Crippen LogP contribution in [0.2, 0.25) is 0 Å². The Morgan fingerprint density at radius 1 is 1.33 bits per heavy atom. The normalized spacial score (nSPS) is 21.6. The summed E-state index contributed by atoms with van der Waals surface area (Å²) in [5.74, 6) is 0.391. The maximum Gasteiger partial charge on any atom is 0.271 e. The van der Waals surface area contributed by atoms with Crippen molar-refractivity contribution in [2.45, 2.75) is 40.0 Å². The first-order valence-corrected chi connectivity index (χ1v) is 8.12. The molecule has 1 atom stereocenters. The molecule has 3 rings (SSSR count). The molecule has 1 saturated carbocycles. The Morgan fingerprint density at radius 3 is 2.71 bits per heavy atom. The molecule has 1 unspecified atom stereocenters. The van der Waals surface area contributed by atoms with Crippen LogP contribution in [0.25, 0.3) is 5.69 Å². The van der Waals surface area contributed by atoms with Gasteiger partial charge >= 0.3 is 0 Å². The molecule has 1 aromatic carbocycles. The monoisotopic (exact) mass is 326 g/mol. The van der Waals surface area contributed by atoms with Crippen LogP contribution in [0.15, 0.2) is 35.7 Å². The smallest absolute Gasteiger partial charge is 0.267 e. The number of nitrogens with zero attached hydrogens (tertiary/aromatic N) is 5. The zero-order valence-corrected chi connectivity index (χ0v) is 14.2. The van der Waals surface area contributed by atoms with Crippen LogP contribution in [0.3, 0.4) is 0 Å². The van der Waals surface area contributed by atoms with E-state index >= 15 is 0 Å². The average Bonchev–Trinajstić information content (AvgIpc) is 3.05. The quantitative estimate of drug-likeness (QED) is 0.879. The predicted octanol–water partition coefficient (Wildman–Crippen LogP) is 2.59. The third-order valence-electron chi connectivity index (χ3n) is 4.23. The van der Waals surface area contributed by atoms with Crippen LogP contribution in [0, 0.1) is 11.3 Å². The van der Waals surface area contributed by atoms with E-state index in [1.54, 1.807) is 24.3 Å². The fourth-order valence-corrected chi connectivity index (χ4v) is 3.44. The SMILES string of the molecule is CC1C/C(=N\NC(=O)c2ccc(-n3cnnn3)cc2)CC(C)(C)C1. The van der Waals surface area contributed by atoms with E-state index in [-0.39, 0.29) is 11.3 Å². The molecule has 1 amide bonds. The van der Waals surface area contributed by atoms with E-state index in [0.717, 1.165) is 24.2 Å². The largest absolute Gasteiger partial charge is 0.271 e. The van der Waals surface area contributed by atoms with Gasteiger partial charge in [-0.05, 0) is 65.3 Å². The molecule has 1 heterocycles. The van der Waals surface area contributed by atoms with Gasteiger partial charge in [0.2, 0.25) is 0 Å². The van der Waals surface area contributed by atoms with Gasteiger partial charge in [0.25, 0.3) is 5.91 Å². The summed E-state index contributed by atoms with van der Waals surface area (Å²) < 4.78 is 1.54. The lowest BCUT2D eigenvalue weighted by molar-refractivity contribution is 0.0954. The first-order chi connectivity index (χ1) is 11.4. The number of aromatic nitrogens is 4. The highest BCUT2D eigenvalue weighted by Crippen LogP contribution is 2.36. The Labute approximate surface area is 141 Å². The lowest BCUT2D eigenvalue weighted by Gasteiger charge is -2.34. The van der Waals surface area contributed by atoms with Gasteiger partial charge in [0, 0.05) is 11.3 Å².